The summed E-state index contributed by atoms with van der Waals surface area (Å²) < 4.78 is 0. The number of rotatable bonds is 1. The average Bonchev–Trinajstić information content (AvgIpc) is 1.91. The monoisotopic (exact) mass is 115 g/mol. The molecule has 0 fully saturated rings. The normalized spacial score (nSPS) is 9.38. The van der Waals surface area contributed by atoms with Gasteiger partial charge in [0.1, 0.15) is 0 Å². The number of hydrogen-bond acceptors (Lipinski definition) is 1. The van der Waals surface area contributed by atoms with E-state index in [-0.39, 0.29) is 0 Å². The van der Waals surface area contributed by atoms with Crippen LogP contribution in [0.4, 0.5) is 0 Å². The van der Waals surface area contributed by atoms with Gasteiger partial charge in [-0.15, -0.1) is 0 Å². The average molecular weight is 115 g/mol. The molecule has 50 valence electrons. The van der Waals surface area contributed by atoms with E-state index in [1.54, 1.807) is 0 Å². The van der Waals surface area contributed by atoms with E-state index in [1.807, 2.05) is 40.8 Å². The minimum absolute atomic E-state index is 1.22. The molecule has 0 heterocycles. The Balaban J connectivity index is 0. The van der Waals surface area contributed by atoms with Gasteiger partial charge in [0.2, 0.25) is 0 Å². The molecular weight excluding hydrogens is 98.1 g/mol. The first kappa shape index (κ1) is 10.5. The summed E-state index contributed by atoms with van der Waals surface area (Å²) >= 11 is 0. The van der Waals surface area contributed by atoms with Gasteiger partial charge in [0.25, 0.3) is 0 Å². The maximum Gasteiger partial charge on any atom is 0.00300 e. The third-order valence-electron chi connectivity index (χ3n) is 0.827. The Morgan fingerprint density at radius 3 is 1.75 bits per heavy atom. The van der Waals surface area contributed by atoms with Crippen molar-refractivity contribution in [1.29, 1.82) is 0 Å². The van der Waals surface area contributed by atoms with Crippen molar-refractivity contribution in [3.8, 4) is 0 Å². The highest BCUT2D eigenvalue weighted by atomic mass is 14.8. The van der Waals surface area contributed by atoms with Gasteiger partial charge < -0.3 is 5.32 Å². The molecule has 0 atom stereocenters. The Morgan fingerprint density at radius 1 is 1.38 bits per heavy atom. The Bertz CT molecular complexity index is 55.4. The van der Waals surface area contributed by atoms with Crippen LogP contribution in [-0.2, 0) is 0 Å². The summed E-state index contributed by atoms with van der Waals surface area (Å²) in [5.74, 6) is 0. The van der Waals surface area contributed by atoms with Gasteiger partial charge in [0.15, 0.2) is 0 Å². The van der Waals surface area contributed by atoms with Crippen LogP contribution < -0.4 is 5.32 Å². The molecule has 0 rings (SSSR count). The summed E-state index contributed by atoms with van der Waals surface area (Å²) in [6.45, 7) is 8.03. The van der Waals surface area contributed by atoms with Crippen LogP contribution in [0.15, 0.2) is 11.8 Å². The van der Waals surface area contributed by atoms with Gasteiger partial charge in [-0.3, -0.25) is 0 Å². The fraction of sp³-hybridized carbons (Fsp3) is 0.714. The molecule has 0 radical (unpaired) electrons. The van der Waals surface area contributed by atoms with Crippen molar-refractivity contribution in [1.82, 2.24) is 5.32 Å². The summed E-state index contributed by atoms with van der Waals surface area (Å²) in [5.41, 5.74) is 1.22. The first-order valence-electron chi connectivity index (χ1n) is 3.12. The molecule has 1 N–H and O–H groups in total. The molecule has 0 saturated carbocycles. The highest BCUT2D eigenvalue weighted by molar-refractivity contribution is 4.90. The van der Waals surface area contributed by atoms with E-state index in [9.17, 15) is 0 Å². The van der Waals surface area contributed by atoms with Crippen LogP contribution >= 0.6 is 0 Å². The topological polar surface area (TPSA) is 12.0 Å². The van der Waals surface area contributed by atoms with Crippen LogP contribution in [0.2, 0.25) is 0 Å². The first-order valence-corrected chi connectivity index (χ1v) is 3.12. The summed E-state index contributed by atoms with van der Waals surface area (Å²) in [4.78, 5) is 0. The molecule has 8 heavy (non-hydrogen) atoms. The maximum atomic E-state index is 2.98. The fourth-order valence-electron chi connectivity index (χ4n) is 0.144. The van der Waals surface area contributed by atoms with E-state index in [1.165, 1.54) is 5.70 Å². The van der Waals surface area contributed by atoms with Crippen molar-refractivity contribution >= 4 is 0 Å². The highest BCUT2D eigenvalue weighted by Crippen LogP contribution is 1.78. The number of nitrogens with one attached hydrogen (secondary N) is 1. The molecule has 0 aromatic rings. The van der Waals surface area contributed by atoms with E-state index < -0.39 is 0 Å². The third kappa shape index (κ3) is 9.11. The molecule has 1 nitrogen and oxygen atoms in total. The van der Waals surface area contributed by atoms with Crippen molar-refractivity contribution in [2.75, 3.05) is 7.05 Å². The summed E-state index contributed by atoms with van der Waals surface area (Å²) in [5, 5.41) is 2.98. The molecule has 0 amide bonds. The SMILES string of the molecule is C/C=C(/C)NC.CC. The van der Waals surface area contributed by atoms with Crippen LogP contribution in [0.5, 0.6) is 0 Å². The first-order chi connectivity index (χ1) is 3.81. The van der Waals surface area contributed by atoms with Crippen LogP contribution in [0.1, 0.15) is 27.7 Å². The van der Waals surface area contributed by atoms with Crippen LogP contribution in [-0.4, -0.2) is 7.05 Å². The number of allylic oxidation sites excluding steroid dienone is 2. The van der Waals surface area contributed by atoms with E-state index in [0.717, 1.165) is 0 Å². The minimum atomic E-state index is 1.22. The molecule has 0 aromatic carbocycles. The lowest BCUT2D eigenvalue weighted by Gasteiger charge is -1.91. The molecule has 0 aliphatic heterocycles. The van der Waals surface area contributed by atoms with Gasteiger partial charge in [-0.05, 0) is 13.8 Å². The standard InChI is InChI=1S/C5H11N.C2H6/c1-4-5(2)6-3;1-2/h4,6H,1-3H3;1-2H3/b5-4-;. The van der Waals surface area contributed by atoms with Crippen molar-refractivity contribution in [3.63, 3.8) is 0 Å². The van der Waals surface area contributed by atoms with E-state index in [2.05, 4.69) is 5.32 Å². The Hall–Kier alpha value is -0.460. The molecule has 0 aliphatic carbocycles. The predicted molar refractivity (Wildman–Crippen MR) is 39.8 cm³/mol. The highest BCUT2D eigenvalue weighted by Gasteiger charge is 1.69. The molecule has 0 aromatic heterocycles. The van der Waals surface area contributed by atoms with Gasteiger partial charge in [0.05, 0.1) is 0 Å². The molecule has 0 aliphatic rings. The van der Waals surface area contributed by atoms with Gasteiger partial charge >= 0.3 is 0 Å². The second-order valence-corrected chi connectivity index (χ2v) is 1.22. The third-order valence-corrected chi connectivity index (χ3v) is 0.827. The summed E-state index contributed by atoms with van der Waals surface area (Å²) in [7, 11) is 1.91. The summed E-state index contributed by atoms with van der Waals surface area (Å²) in [6, 6.07) is 0. The van der Waals surface area contributed by atoms with Crippen LogP contribution in [0.3, 0.4) is 0 Å². The zero-order chi connectivity index (χ0) is 6.99. The lowest BCUT2D eigenvalue weighted by Crippen LogP contribution is -1.99. The zero-order valence-corrected chi connectivity index (χ0v) is 6.58. The molecule has 0 bridgehead atoms. The van der Waals surface area contributed by atoms with Gasteiger partial charge in [-0.1, -0.05) is 19.9 Å². The lowest BCUT2D eigenvalue weighted by molar-refractivity contribution is 0.985. The Labute approximate surface area is 52.8 Å². The minimum Gasteiger partial charge on any atom is -0.392 e. The maximum absolute atomic E-state index is 2.98. The molecule has 1 heteroatoms. The van der Waals surface area contributed by atoms with Crippen molar-refractivity contribution in [2.24, 2.45) is 0 Å². The lowest BCUT2D eigenvalue weighted by atomic mass is 10.5. The second kappa shape index (κ2) is 9.74. The van der Waals surface area contributed by atoms with Crippen LogP contribution in [0, 0.1) is 0 Å². The Kier molecular flexibility index (Phi) is 12.8. The Morgan fingerprint density at radius 2 is 1.75 bits per heavy atom. The molecule has 0 saturated heterocycles. The predicted octanol–water partition coefficient (Wildman–Crippen LogP) is 2.16. The van der Waals surface area contributed by atoms with E-state index >= 15 is 0 Å². The molecule has 0 spiro atoms. The van der Waals surface area contributed by atoms with E-state index in [4.69, 9.17) is 0 Å². The fourth-order valence-corrected chi connectivity index (χ4v) is 0.144. The summed E-state index contributed by atoms with van der Waals surface area (Å²) in [6.07, 6.45) is 2.03. The quantitative estimate of drug-likeness (QED) is 0.552. The van der Waals surface area contributed by atoms with Gasteiger partial charge in [-0.2, -0.15) is 0 Å². The van der Waals surface area contributed by atoms with Crippen LogP contribution in [0.25, 0.3) is 0 Å². The van der Waals surface area contributed by atoms with Crippen molar-refractivity contribution in [3.05, 3.63) is 11.8 Å². The smallest absolute Gasteiger partial charge is 0.00300 e. The largest absolute Gasteiger partial charge is 0.392 e. The van der Waals surface area contributed by atoms with Gasteiger partial charge in [0, 0.05) is 12.7 Å². The van der Waals surface area contributed by atoms with Gasteiger partial charge in [-0.25, -0.2) is 0 Å². The van der Waals surface area contributed by atoms with Crippen molar-refractivity contribution in [2.45, 2.75) is 27.7 Å². The molecule has 0 unspecified atom stereocenters. The molecular formula is C7H17N. The second-order valence-electron chi connectivity index (χ2n) is 1.22. The van der Waals surface area contributed by atoms with Crippen molar-refractivity contribution < 1.29 is 0 Å². The van der Waals surface area contributed by atoms with E-state index in [0.29, 0.717) is 0 Å². The number of hydrogen-bond donors (Lipinski definition) is 1. The zero-order valence-electron chi connectivity index (χ0n) is 6.58.